The Morgan fingerprint density at radius 3 is 1.25 bits per heavy atom. The molecule has 60 heavy (non-hydrogen) atoms. The van der Waals surface area contributed by atoms with E-state index in [0.717, 1.165) is 35.6 Å². The molecule has 0 atom stereocenters. The van der Waals surface area contributed by atoms with Crippen molar-refractivity contribution in [2.75, 3.05) is 0 Å². The number of rotatable bonds is 5. The smallest absolute Gasteiger partial charge is 0.294 e. The van der Waals surface area contributed by atoms with Gasteiger partial charge in [0.1, 0.15) is 28.9 Å². The van der Waals surface area contributed by atoms with Gasteiger partial charge in [0.2, 0.25) is 0 Å². The van der Waals surface area contributed by atoms with Crippen LogP contribution in [0.2, 0.25) is 0 Å². The van der Waals surface area contributed by atoms with Crippen LogP contribution in [0, 0.1) is 0 Å². The van der Waals surface area contributed by atoms with Crippen molar-refractivity contribution in [3.63, 3.8) is 0 Å². The molecule has 0 amide bonds. The molecular formula is C39H22N8O10S3. The first-order valence-corrected chi connectivity index (χ1v) is 21.7. The molecule has 0 fully saturated rings. The maximum absolute atomic E-state index is 12.3. The van der Waals surface area contributed by atoms with Gasteiger partial charge in [-0.3, -0.25) is 18.5 Å². The standard InChI is InChI=1S/C39H22N8O10S3/c48-17-18-1-3-19(4-2-18)20-5-9-24-28(13-20)36-40-32(24)42-37-30-15-22(59(52,53)54)7-11-26(30)34(44-37)46-39-31-16-23(60(55,56)57)8-12-27(31)35(47-39)45-38-29-14-21(58(49,50)51)6-10-25(29)33(41-36)43-38/h1-17H,(H,49,50,51)(H,52,53,54)(H,55,56,57)(H2,40,41,42,43,44,45,46,47). The molecule has 8 bridgehead atoms. The quantitative estimate of drug-likeness (QED) is 0.0966. The van der Waals surface area contributed by atoms with Gasteiger partial charge in [-0.2, -0.15) is 25.3 Å². The molecule has 5 heterocycles. The summed E-state index contributed by atoms with van der Waals surface area (Å²) >= 11 is 0. The van der Waals surface area contributed by atoms with Crippen molar-refractivity contribution in [2.24, 2.45) is 0 Å². The van der Waals surface area contributed by atoms with Crippen molar-refractivity contribution in [3.8, 4) is 56.7 Å². The molecule has 21 heteroatoms. The summed E-state index contributed by atoms with van der Waals surface area (Å²) in [6.07, 6.45) is 0.733. The molecule has 0 saturated heterocycles. The first kappa shape index (κ1) is 37.2. The summed E-state index contributed by atoms with van der Waals surface area (Å²) < 4.78 is 104. The predicted molar refractivity (Wildman–Crippen MR) is 216 cm³/mol. The number of aromatic amines is 2. The van der Waals surface area contributed by atoms with Crippen molar-refractivity contribution in [1.82, 2.24) is 39.9 Å². The molecule has 2 aliphatic heterocycles. The summed E-state index contributed by atoms with van der Waals surface area (Å²) in [5, 5.41) is 1.49. The first-order chi connectivity index (χ1) is 28.5. The Hall–Kier alpha value is -7.14. The highest BCUT2D eigenvalue weighted by Gasteiger charge is 2.26. The fourth-order valence-electron chi connectivity index (χ4n) is 7.15. The maximum Gasteiger partial charge on any atom is 0.294 e. The van der Waals surface area contributed by atoms with Gasteiger partial charge in [0.25, 0.3) is 30.4 Å². The van der Waals surface area contributed by atoms with Gasteiger partial charge in [-0.15, -0.1) is 0 Å². The summed E-state index contributed by atoms with van der Waals surface area (Å²) in [6, 6.07) is 23.5. The number of fused-ring (bicyclic) bond motifs is 20. The van der Waals surface area contributed by atoms with E-state index >= 15 is 0 Å². The van der Waals surface area contributed by atoms with Crippen LogP contribution in [0.4, 0.5) is 0 Å². The Labute approximate surface area is 337 Å². The molecule has 5 N–H and O–H groups in total. The zero-order valence-electron chi connectivity index (χ0n) is 29.9. The SMILES string of the molecule is O=Cc1ccc(-c2ccc3c4nc5nc(nc6[nH]c(nc7nc(nc([nH]4)c3c2)-c2ccc(S(=O)(=O)O)cc2-7)c2ccc(S(=O)(=O)O)cc62)-c2ccc(S(=O)(=O)O)cc2-5)cc1. The third kappa shape index (κ3) is 6.20. The molecule has 296 valence electrons. The molecule has 2 aliphatic rings. The number of carbonyl (C=O) groups excluding carboxylic acids is 1. The molecule has 3 aromatic heterocycles. The van der Waals surface area contributed by atoms with E-state index in [1.165, 1.54) is 36.4 Å². The molecular weight excluding hydrogens is 837 g/mol. The van der Waals surface area contributed by atoms with Gasteiger partial charge in [0.15, 0.2) is 23.3 Å². The molecule has 5 aromatic carbocycles. The van der Waals surface area contributed by atoms with E-state index in [-0.39, 0.29) is 73.3 Å². The highest BCUT2D eigenvalue weighted by atomic mass is 32.2. The van der Waals surface area contributed by atoms with Crippen molar-refractivity contribution in [1.29, 1.82) is 0 Å². The molecule has 0 spiro atoms. The summed E-state index contributed by atoms with van der Waals surface area (Å²) in [6.45, 7) is 0. The number of hydrogen-bond acceptors (Lipinski definition) is 13. The number of nitrogens with one attached hydrogen (secondary N) is 2. The van der Waals surface area contributed by atoms with E-state index in [9.17, 15) is 43.7 Å². The van der Waals surface area contributed by atoms with E-state index < -0.39 is 45.0 Å². The number of nitrogens with zero attached hydrogens (tertiary/aromatic N) is 6. The van der Waals surface area contributed by atoms with Crippen LogP contribution in [-0.4, -0.2) is 85.1 Å². The normalized spacial score (nSPS) is 12.7. The average molecular weight is 859 g/mol. The minimum Gasteiger partial charge on any atom is -0.324 e. The second kappa shape index (κ2) is 12.9. The molecule has 0 aliphatic carbocycles. The lowest BCUT2D eigenvalue weighted by molar-refractivity contribution is 0.112. The van der Waals surface area contributed by atoms with Crippen molar-refractivity contribution < 1.29 is 43.7 Å². The van der Waals surface area contributed by atoms with Crippen LogP contribution >= 0.6 is 0 Å². The first-order valence-electron chi connectivity index (χ1n) is 17.4. The molecule has 0 radical (unpaired) electrons. The lowest BCUT2D eigenvalue weighted by Gasteiger charge is -2.03. The third-order valence-electron chi connectivity index (χ3n) is 10.0. The monoisotopic (exact) mass is 858 g/mol. The molecule has 0 unspecified atom stereocenters. The number of hydrogen-bond donors (Lipinski definition) is 5. The fourth-order valence-corrected chi connectivity index (χ4v) is 8.67. The summed E-state index contributed by atoms with van der Waals surface area (Å²) in [4.78, 5) is 44.7. The Morgan fingerprint density at radius 1 is 0.400 bits per heavy atom. The van der Waals surface area contributed by atoms with E-state index in [2.05, 4.69) is 15.0 Å². The lowest BCUT2D eigenvalue weighted by atomic mass is 10.0. The van der Waals surface area contributed by atoms with Gasteiger partial charge in [0.05, 0.1) is 14.7 Å². The van der Waals surface area contributed by atoms with Crippen LogP contribution in [0.25, 0.3) is 101 Å². The van der Waals surface area contributed by atoms with E-state index in [1.807, 2.05) is 12.1 Å². The van der Waals surface area contributed by atoms with Crippen LogP contribution in [0.3, 0.4) is 0 Å². The Balaban J connectivity index is 1.37. The number of carbonyl (C=O) groups is 1. The average Bonchev–Trinajstić information content (AvgIpc) is 3.94. The van der Waals surface area contributed by atoms with Crippen LogP contribution in [-0.2, 0) is 30.4 Å². The highest BCUT2D eigenvalue weighted by Crippen LogP contribution is 2.39. The molecule has 10 rings (SSSR count). The third-order valence-corrected chi connectivity index (χ3v) is 12.6. The summed E-state index contributed by atoms with van der Waals surface area (Å²) in [5.41, 5.74) is 3.45. The summed E-state index contributed by atoms with van der Waals surface area (Å²) in [5.74, 6) is -0.0208. The second-order valence-electron chi connectivity index (χ2n) is 13.7. The zero-order chi connectivity index (χ0) is 41.9. The largest absolute Gasteiger partial charge is 0.324 e. The van der Waals surface area contributed by atoms with Gasteiger partial charge in [0, 0.05) is 49.4 Å². The zero-order valence-corrected chi connectivity index (χ0v) is 32.4. The number of aromatic nitrogens is 8. The second-order valence-corrected chi connectivity index (χ2v) is 17.9. The van der Waals surface area contributed by atoms with Crippen LogP contribution < -0.4 is 0 Å². The van der Waals surface area contributed by atoms with Gasteiger partial charge >= 0.3 is 0 Å². The molecule has 18 nitrogen and oxygen atoms in total. The number of aldehydes is 1. The van der Waals surface area contributed by atoms with Crippen LogP contribution in [0.1, 0.15) is 10.4 Å². The van der Waals surface area contributed by atoms with Crippen LogP contribution in [0.5, 0.6) is 0 Å². The maximum atomic E-state index is 12.3. The van der Waals surface area contributed by atoms with Gasteiger partial charge < -0.3 is 9.97 Å². The minimum atomic E-state index is -4.71. The predicted octanol–water partition coefficient (Wildman–Crippen LogP) is 6.09. The fraction of sp³-hybridized carbons (Fsp3) is 0. The Kier molecular flexibility index (Phi) is 8.01. The van der Waals surface area contributed by atoms with E-state index in [0.29, 0.717) is 21.9 Å². The van der Waals surface area contributed by atoms with E-state index in [1.54, 1.807) is 30.3 Å². The topological polar surface area (TPSA) is 289 Å². The van der Waals surface area contributed by atoms with Crippen molar-refractivity contribution in [2.45, 2.75) is 14.7 Å². The van der Waals surface area contributed by atoms with Crippen LogP contribution in [0.15, 0.2) is 112 Å². The Morgan fingerprint density at radius 2 is 0.783 bits per heavy atom. The van der Waals surface area contributed by atoms with Gasteiger partial charge in [-0.1, -0.05) is 30.3 Å². The van der Waals surface area contributed by atoms with Crippen molar-refractivity contribution in [3.05, 3.63) is 103 Å². The molecule has 0 saturated carbocycles. The van der Waals surface area contributed by atoms with Gasteiger partial charge in [-0.05, 0) is 77.9 Å². The Bertz CT molecular complexity index is 3740. The van der Waals surface area contributed by atoms with E-state index in [4.69, 9.17) is 24.9 Å². The number of benzene rings is 5. The highest BCUT2D eigenvalue weighted by molar-refractivity contribution is 7.86. The lowest BCUT2D eigenvalue weighted by Crippen LogP contribution is -1.98. The van der Waals surface area contributed by atoms with Gasteiger partial charge in [-0.25, -0.2) is 29.9 Å². The molecule has 8 aromatic rings. The number of H-pyrrole nitrogens is 2. The van der Waals surface area contributed by atoms with Crippen molar-refractivity contribution >= 4 is 80.8 Å². The minimum absolute atomic E-state index is 0.00754. The summed E-state index contributed by atoms with van der Waals surface area (Å²) in [7, 11) is -14.1.